The van der Waals surface area contributed by atoms with Crippen molar-refractivity contribution in [1.29, 1.82) is 0 Å². The number of methoxy groups -OCH3 is 1. The average Bonchev–Trinajstić information content (AvgIpc) is 1.99. The van der Waals surface area contributed by atoms with E-state index >= 15 is 0 Å². The van der Waals surface area contributed by atoms with Crippen molar-refractivity contribution in [2.24, 2.45) is 0 Å². The number of rotatable bonds is 3. The first-order valence-corrected chi connectivity index (χ1v) is 2.59. The van der Waals surface area contributed by atoms with Gasteiger partial charge in [-0.25, -0.2) is 4.79 Å². The summed E-state index contributed by atoms with van der Waals surface area (Å²) in [6.45, 7) is 0. The number of ether oxygens (including phenoxy) is 1. The summed E-state index contributed by atoms with van der Waals surface area (Å²) >= 11 is 0. The number of hydrogen-bond donors (Lipinski definition) is 0. The van der Waals surface area contributed by atoms with Gasteiger partial charge in [-0.05, 0) is 6.08 Å². The molecule has 5 nitrogen and oxygen atoms in total. The summed E-state index contributed by atoms with van der Waals surface area (Å²) in [5, 5.41) is 9.74. The smallest absolute Gasteiger partial charge is 0.330 e. The highest BCUT2D eigenvalue weighted by molar-refractivity contribution is 6.37. The van der Waals surface area contributed by atoms with E-state index in [1.54, 1.807) is 0 Å². The molecule has 5 heteroatoms. The molecule has 0 unspecified atom stereocenters. The van der Waals surface area contributed by atoms with E-state index < -0.39 is 17.7 Å². The SMILES string of the molecule is COC(=O)/C=C/C(=O)C(=O)[O-]. The lowest BCUT2D eigenvalue weighted by Crippen LogP contribution is -2.30. The molecule has 11 heavy (non-hydrogen) atoms. The summed E-state index contributed by atoms with van der Waals surface area (Å²) in [6, 6.07) is 0. The topological polar surface area (TPSA) is 83.5 Å². The Morgan fingerprint density at radius 1 is 1.27 bits per heavy atom. The number of carbonyl (C=O) groups is 3. The van der Waals surface area contributed by atoms with Gasteiger partial charge in [0, 0.05) is 6.08 Å². The fourth-order valence-electron chi connectivity index (χ4n) is 0.280. The van der Waals surface area contributed by atoms with E-state index in [1.807, 2.05) is 0 Å². The Kier molecular flexibility index (Phi) is 3.58. The molecule has 0 radical (unpaired) electrons. The Morgan fingerprint density at radius 2 is 1.82 bits per heavy atom. The predicted octanol–water partition coefficient (Wildman–Crippen LogP) is -1.97. The van der Waals surface area contributed by atoms with Crippen LogP contribution in [0.1, 0.15) is 0 Å². The number of carboxylic acids is 1. The molecule has 0 saturated heterocycles. The van der Waals surface area contributed by atoms with Crippen LogP contribution in [-0.4, -0.2) is 24.8 Å². The lowest BCUT2D eigenvalue weighted by atomic mass is 10.3. The molecular weight excluding hydrogens is 152 g/mol. The van der Waals surface area contributed by atoms with Gasteiger partial charge in [0.05, 0.1) is 7.11 Å². The Bertz CT molecular complexity index is 215. The van der Waals surface area contributed by atoms with Crippen LogP contribution in [0.25, 0.3) is 0 Å². The zero-order chi connectivity index (χ0) is 8.85. The molecular formula is C6H5O5-. The number of esters is 1. The second-order valence-corrected chi connectivity index (χ2v) is 1.51. The van der Waals surface area contributed by atoms with Crippen LogP contribution in [0.2, 0.25) is 0 Å². The zero-order valence-corrected chi connectivity index (χ0v) is 5.70. The first kappa shape index (κ1) is 9.35. The van der Waals surface area contributed by atoms with E-state index in [1.165, 1.54) is 0 Å². The van der Waals surface area contributed by atoms with Gasteiger partial charge in [-0.3, -0.25) is 4.79 Å². The van der Waals surface area contributed by atoms with Crippen molar-refractivity contribution < 1.29 is 24.2 Å². The maximum Gasteiger partial charge on any atom is 0.330 e. The highest BCUT2D eigenvalue weighted by Crippen LogP contribution is 1.79. The summed E-state index contributed by atoms with van der Waals surface area (Å²) in [7, 11) is 1.11. The Morgan fingerprint density at radius 3 is 2.18 bits per heavy atom. The van der Waals surface area contributed by atoms with E-state index in [0.717, 1.165) is 7.11 Å². The minimum absolute atomic E-state index is 0.571. The van der Waals surface area contributed by atoms with E-state index in [9.17, 15) is 19.5 Å². The molecule has 0 saturated carbocycles. The number of aliphatic carboxylic acids is 1. The van der Waals surface area contributed by atoms with Gasteiger partial charge in [0.1, 0.15) is 5.97 Å². The fraction of sp³-hybridized carbons (Fsp3) is 0.167. The van der Waals surface area contributed by atoms with Gasteiger partial charge in [0.25, 0.3) is 0 Å². The average molecular weight is 157 g/mol. The largest absolute Gasteiger partial charge is 0.541 e. The Balaban J connectivity index is 4.04. The van der Waals surface area contributed by atoms with Gasteiger partial charge in [0.15, 0.2) is 0 Å². The summed E-state index contributed by atoms with van der Waals surface area (Å²) in [4.78, 5) is 30.2. The summed E-state index contributed by atoms with van der Waals surface area (Å²) in [5.41, 5.74) is 0. The van der Waals surface area contributed by atoms with Crippen LogP contribution in [0.5, 0.6) is 0 Å². The molecule has 0 aromatic rings. The van der Waals surface area contributed by atoms with Gasteiger partial charge < -0.3 is 14.6 Å². The Hall–Kier alpha value is -1.65. The monoisotopic (exact) mass is 157 g/mol. The minimum Gasteiger partial charge on any atom is -0.541 e. The van der Waals surface area contributed by atoms with E-state index in [2.05, 4.69) is 4.74 Å². The Labute approximate surface area is 62.3 Å². The second kappa shape index (κ2) is 4.21. The van der Waals surface area contributed by atoms with Crippen molar-refractivity contribution in [3.05, 3.63) is 12.2 Å². The van der Waals surface area contributed by atoms with Crippen molar-refractivity contribution in [1.82, 2.24) is 0 Å². The standard InChI is InChI=1S/C6H6O5/c1-11-5(8)3-2-4(7)6(9)10/h2-3H,1H3,(H,9,10)/p-1/b3-2+. The molecule has 0 fully saturated rings. The number of carboxylic acid groups (broad SMARTS) is 1. The zero-order valence-electron chi connectivity index (χ0n) is 5.70. The van der Waals surface area contributed by atoms with Crippen molar-refractivity contribution >= 4 is 17.7 Å². The number of ketones is 1. The molecule has 0 aromatic carbocycles. The lowest BCUT2D eigenvalue weighted by molar-refractivity contribution is -0.299. The molecule has 0 spiro atoms. The van der Waals surface area contributed by atoms with Gasteiger partial charge in [-0.15, -0.1) is 0 Å². The fourth-order valence-corrected chi connectivity index (χ4v) is 0.280. The van der Waals surface area contributed by atoms with Crippen LogP contribution < -0.4 is 5.11 Å². The van der Waals surface area contributed by atoms with Crippen LogP contribution >= 0.6 is 0 Å². The molecule has 0 heterocycles. The third-order valence-corrected chi connectivity index (χ3v) is 0.773. The quantitative estimate of drug-likeness (QED) is 0.269. The highest BCUT2D eigenvalue weighted by atomic mass is 16.5. The first-order chi connectivity index (χ1) is 5.07. The summed E-state index contributed by atoms with van der Waals surface area (Å²) in [5.74, 6) is -3.92. The van der Waals surface area contributed by atoms with Crippen molar-refractivity contribution in [2.45, 2.75) is 0 Å². The molecule has 60 valence electrons. The van der Waals surface area contributed by atoms with Crippen LogP contribution in [0.3, 0.4) is 0 Å². The molecule has 0 amide bonds. The van der Waals surface area contributed by atoms with Gasteiger partial charge in [-0.2, -0.15) is 0 Å². The number of hydrogen-bond acceptors (Lipinski definition) is 5. The van der Waals surface area contributed by atoms with E-state index in [-0.39, 0.29) is 0 Å². The molecule has 0 aliphatic rings. The molecule has 0 aromatic heterocycles. The molecule has 0 aliphatic carbocycles. The van der Waals surface area contributed by atoms with Crippen LogP contribution in [0.15, 0.2) is 12.2 Å². The maximum atomic E-state index is 10.3. The first-order valence-electron chi connectivity index (χ1n) is 2.59. The van der Waals surface area contributed by atoms with Crippen molar-refractivity contribution in [2.75, 3.05) is 7.11 Å². The molecule has 0 N–H and O–H groups in total. The summed E-state index contributed by atoms with van der Waals surface area (Å²) < 4.78 is 4.09. The minimum atomic E-state index is -1.86. The molecule has 0 aliphatic heterocycles. The second-order valence-electron chi connectivity index (χ2n) is 1.51. The molecule has 0 atom stereocenters. The van der Waals surface area contributed by atoms with Crippen molar-refractivity contribution in [3.8, 4) is 0 Å². The summed E-state index contributed by atoms with van der Waals surface area (Å²) in [6.07, 6.45) is 1.28. The van der Waals surface area contributed by atoms with E-state index in [4.69, 9.17) is 0 Å². The third kappa shape index (κ3) is 3.85. The predicted molar refractivity (Wildman–Crippen MR) is 31.2 cm³/mol. The van der Waals surface area contributed by atoms with Gasteiger partial charge >= 0.3 is 5.97 Å². The van der Waals surface area contributed by atoms with Crippen LogP contribution in [0, 0.1) is 0 Å². The van der Waals surface area contributed by atoms with Gasteiger partial charge in [-0.1, -0.05) is 0 Å². The molecule has 0 bridgehead atoms. The molecule has 0 rings (SSSR count). The third-order valence-electron chi connectivity index (χ3n) is 0.773. The number of carbonyl (C=O) groups excluding carboxylic acids is 3. The van der Waals surface area contributed by atoms with Crippen molar-refractivity contribution in [3.63, 3.8) is 0 Å². The van der Waals surface area contributed by atoms with Gasteiger partial charge in [0.2, 0.25) is 5.78 Å². The normalized spacial score (nSPS) is 9.55. The lowest BCUT2D eigenvalue weighted by Gasteiger charge is -1.92. The van der Waals surface area contributed by atoms with E-state index in [0.29, 0.717) is 12.2 Å². The maximum absolute atomic E-state index is 10.3. The van der Waals surface area contributed by atoms with Crippen LogP contribution in [0.4, 0.5) is 0 Å². The highest BCUT2D eigenvalue weighted by Gasteiger charge is 1.97. The van der Waals surface area contributed by atoms with Crippen LogP contribution in [-0.2, 0) is 19.1 Å².